The molecular weight excluding hydrogens is 595 g/mol. The van der Waals surface area contributed by atoms with E-state index < -0.39 is 63.0 Å². The van der Waals surface area contributed by atoms with E-state index in [9.17, 15) is 23.7 Å². The summed E-state index contributed by atoms with van der Waals surface area (Å²) < 4.78 is 40.9. The van der Waals surface area contributed by atoms with E-state index in [1.165, 1.54) is 13.3 Å². The van der Waals surface area contributed by atoms with Crippen LogP contribution >= 0.6 is 7.52 Å². The smallest absolute Gasteiger partial charge is 0.478 e. The van der Waals surface area contributed by atoms with Crippen molar-refractivity contribution in [3.05, 3.63) is 24.8 Å². The highest BCUT2D eigenvalue weighted by Crippen LogP contribution is 2.43. The number of anilines is 1. The van der Waals surface area contributed by atoms with Crippen LogP contribution in [0.3, 0.4) is 0 Å². The molecule has 2 rings (SSSR count). The molecule has 0 saturated heterocycles. The van der Waals surface area contributed by atoms with Crippen LogP contribution in [0.4, 0.5) is 10.6 Å². The lowest BCUT2D eigenvalue weighted by molar-refractivity contribution is -0.145. The maximum atomic E-state index is 13.4. The zero-order chi connectivity index (χ0) is 32.6. The summed E-state index contributed by atoms with van der Waals surface area (Å²) in [6.45, 7) is 8.23. The molecule has 0 aromatic carbocycles. The van der Waals surface area contributed by atoms with Gasteiger partial charge in [-0.3, -0.25) is 13.9 Å². The van der Waals surface area contributed by atoms with E-state index in [2.05, 4.69) is 20.0 Å². The Labute approximate surface area is 247 Å². The number of fused-ring (bicyclic) bond motifs is 1. The lowest BCUT2D eigenvalue weighted by atomic mass is 10.4. The Hall–Kier alpha value is -4.12. The largest absolute Gasteiger partial charge is 0.510 e. The lowest BCUT2D eigenvalue weighted by Crippen LogP contribution is -2.35. The first-order chi connectivity index (χ1) is 20.2. The van der Waals surface area contributed by atoms with E-state index in [0.717, 1.165) is 0 Å². The van der Waals surface area contributed by atoms with E-state index in [1.807, 2.05) is 6.92 Å². The molecule has 0 amide bonds. The molecule has 2 aromatic heterocycles. The van der Waals surface area contributed by atoms with Crippen molar-refractivity contribution in [3.63, 3.8) is 0 Å². The van der Waals surface area contributed by atoms with Gasteiger partial charge in [0.1, 0.15) is 24.2 Å². The number of carboxylic acids is 2. The molecule has 0 saturated carbocycles. The summed E-state index contributed by atoms with van der Waals surface area (Å²) in [7, 11) is -3.83. The number of imidazole rings is 1. The van der Waals surface area contributed by atoms with Gasteiger partial charge in [0, 0.05) is 12.2 Å². The van der Waals surface area contributed by atoms with Gasteiger partial charge in [-0.15, -0.1) is 0 Å². The number of nitrogens with zero attached hydrogens (tertiary/aromatic N) is 4. The molecule has 0 radical (unpaired) electrons. The van der Waals surface area contributed by atoms with Crippen LogP contribution < -0.4 is 10.8 Å². The van der Waals surface area contributed by atoms with Crippen LogP contribution in [0.2, 0.25) is 0 Å². The number of hydrogen-bond donors (Lipinski definition) is 4. The van der Waals surface area contributed by atoms with Crippen molar-refractivity contribution in [2.45, 2.75) is 65.8 Å². The molecule has 0 fully saturated rings. The lowest BCUT2D eigenvalue weighted by Gasteiger charge is -2.24. The molecular formula is C24H37N6O12P. The average molecular weight is 633 g/mol. The molecule has 2 heterocycles. The molecule has 0 aliphatic heterocycles. The number of carbonyl (C=O) groups excluding carboxylic acids is 2. The highest BCUT2D eigenvalue weighted by Gasteiger charge is 2.31. The van der Waals surface area contributed by atoms with Gasteiger partial charge in [0.2, 0.25) is 6.79 Å². The first-order valence-corrected chi connectivity index (χ1v) is 14.7. The number of ether oxygens (including phenoxy) is 4. The minimum absolute atomic E-state index is 0.223. The molecule has 5 N–H and O–H groups in total. The zero-order valence-corrected chi connectivity index (χ0v) is 25.3. The number of nitrogens with two attached hydrogens (primary N) is 1. The number of carboxylic acid groups (broad SMARTS) is 2. The van der Waals surface area contributed by atoms with Crippen LogP contribution in [-0.2, 0) is 49.0 Å². The van der Waals surface area contributed by atoms with Crippen LogP contribution in [0.1, 0.15) is 41.0 Å². The van der Waals surface area contributed by atoms with Crippen molar-refractivity contribution in [2.75, 3.05) is 25.5 Å². The van der Waals surface area contributed by atoms with E-state index in [1.54, 1.807) is 31.7 Å². The van der Waals surface area contributed by atoms with Crippen LogP contribution in [0, 0.1) is 0 Å². The third-order valence-electron chi connectivity index (χ3n) is 4.74. The number of hydrogen-bond acceptors (Lipinski definition) is 14. The third kappa shape index (κ3) is 14.6. The van der Waals surface area contributed by atoms with E-state index in [0.29, 0.717) is 36.3 Å². The van der Waals surface area contributed by atoms with Gasteiger partial charge in [0.05, 0.1) is 31.7 Å². The minimum atomic E-state index is -3.83. The summed E-state index contributed by atoms with van der Waals surface area (Å²) >= 11 is 0. The Kier molecular flexibility index (Phi) is 15.8. The first kappa shape index (κ1) is 36.9. The fraction of sp³-hybridized carbons (Fsp3) is 0.542. The van der Waals surface area contributed by atoms with Gasteiger partial charge in [0.15, 0.2) is 11.5 Å². The fourth-order valence-electron chi connectivity index (χ4n) is 2.90. The van der Waals surface area contributed by atoms with Crippen molar-refractivity contribution in [2.24, 2.45) is 0 Å². The highest BCUT2D eigenvalue weighted by atomic mass is 31.2. The molecule has 0 aliphatic rings. The predicted octanol–water partition coefficient (Wildman–Crippen LogP) is 2.14. The van der Waals surface area contributed by atoms with Gasteiger partial charge >= 0.3 is 24.1 Å². The molecule has 2 aromatic rings. The molecule has 19 heteroatoms. The number of nitrogens with one attached hydrogen (secondary N) is 1. The summed E-state index contributed by atoms with van der Waals surface area (Å²) in [4.78, 5) is 55.1. The number of aliphatic carboxylic acids is 2. The van der Waals surface area contributed by atoms with Gasteiger partial charge in [-0.25, -0.2) is 34.4 Å². The molecule has 18 nitrogen and oxygen atoms in total. The summed E-state index contributed by atoms with van der Waals surface area (Å²) in [6.07, 6.45) is 2.35. The Morgan fingerprint density at radius 3 is 2.30 bits per heavy atom. The number of esters is 1. The molecule has 43 heavy (non-hydrogen) atoms. The molecule has 0 bridgehead atoms. The second kappa shape index (κ2) is 18.4. The molecule has 0 spiro atoms. The van der Waals surface area contributed by atoms with Gasteiger partial charge < -0.3 is 39.5 Å². The predicted molar refractivity (Wildman–Crippen MR) is 150 cm³/mol. The second-order valence-corrected chi connectivity index (χ2v) is 11.1. The average Bonchev–Trinajstić information content (AvgIpc) is 3.33. The maximum Gasteiger partial charge on any atom is 0.510 e. The number of carbonyl (C=O) groups is 4. The summed E-state index contributed by atoms with van der Waals surface area (Å²) in [6, 6.07) is -0.967. The monoisotopic (exact) mass is 632 g/mol. The Balaban J connectivity index is 0.00000101. The van der Waals surface area contributed by atoms with Crippen LogP contribution in [0.5, 0.6) is 0 Å². The number of nitrogen functional groups attached to an aromatic ring is 1. The SMILES string of the molecule is CCCOC(=O)[C@H](C)NP(=O)(CO[C@H](C)Cn1cnc2c(N)ncnc21)OCOC(=O)OC(C)C.O=C(O)/C=C/C(=O)O. The van der Waals surface area contributed by atoms with E-state index >= 15 is 0 Å². The van der Waals surface area contributed by atoms with Crippen molar-refractivity contribution in [1.29, 1.82) is 0 Å². The topological polar surface area (TPSA) is 254 Å². The zero-order valence-electron chi connectivity index (χ0n) is 24.4. The summed E-state index contributed by atoms with van der Waals surface area (Å²) in [5.74, 6) is -2.87. The van der Waals surface area contributed by atoms with Crippen LogP contribution in [-0.4, -0.2) is 91.8 Å². The number of rotatable bonds is 16. The molecule has 240 valence electrons. The minimum Gasteiger partial charge on any atom is -0.478 e. The maximum absolute atomic E-state index is 13.4. The quantitative estimate of drug-likeness (QED) is 0.0894. The van der Waals surface area contributed by atoms with Crippen molar-refractivity contribution < 1.29 is 57.4 Å². The van der Waals surface area contributed by atoms with Gasteiger partial charge in [-0.05, 0) is 34.1 Å². The normalized spacial score (nSPS) is 13.9. The first-order valence-electron chi connectivity index (χ1n) is 12.9. The summed E-state index contributed by atoms with van der Waals surface area (Å²) in [5, 5.41) is 18.2. The van der Waals surface area contributed by atoms with Crippen LogP contribution in [0.25, 0.3) is 11.2 Å². The van der Waals surface area contributed by atoms with Gasteiger partial charge in [0.25, 0.3) is 7.52 Å². The Bertz CT molecular complexity index is 1280. The van der Waals surface area contributed by atoms with Crippen LogP contribution in [0.15, 0.2) is 24.8 Å². The second-order valence-electron chi connectivity index (χ2n) is 8.94. The van der Waals surface area contributed by atoms with Crippen molar-refractivity contribution >= 4 is 48.6 Å². The van der Waals surface area contributed by atoms with Gasteiger partial charge in [-0.1, -0.05) is 6.92 Å². The molecule has 3 atom stereocenters. The van der Waals surface area contributed by atoms with E-state index in [4.69, 9.17) is 39.4 Å². The highest BCUT2D eigenvalue weighted by molar-refractivity contribution is 7.56. The summed E-state index contributed by atoms with van der Waals surface area (Å²) in [5.41, 5.74) is 6.79. The molecule has 1 unspecified atom stereocenters. The van der Waals surface area contributed by atoms with Crippen molar-refractivity contribution in [1.82, 2.24) is 24.6 Å². The standard InChI is InChI=1S/C20H33N6O8P.C4H4O4/c1-6-7-30-19(27)15(5)25-35(29,33-11-31-20(28)34-13(2)3)12-32-14(4)8-26-10-24-16-17(21)22-9-23-18(16)26;5-3(6)1-2-4(7)8/h9-10,13-15H,6-8,11-12H2,1-5H3,(H,25,29)(H2,21,22,23);1-2H,(H,5,6)(H,7,8)/b;2-1+/t14-,15+,35?;/m1./s1. The fourth-order valence-corrected chi connectivity index (χ4v) is 4.50. The number of aromatic nitrogens is 4. The van der Waals surface area contributed by atoms with E-state index in [-0.39, 0.29) is 12.4 Å². The third-order valence-corrected chi connectivity index (χ3v) is 6.54. The van der Waals surface area contributed by atoms with Gasteiger partial charge in [-0.2, -0.15) is 0 Å². The Morgan fingerprint density at radius 1 is 1.07 bits per heavy atom. The Morgan fingerprint density at radius 2 is 1.72 bits per heavy atom. The molecule has 0 aliphatic carbocycles. The van der Waals surface area contributed by atoms with Crippen molar-refractivity contribution in [3.8, 4) is 0 Å².